The first kappa shape index (κ1) is 13.9. The SMILES string of the molecule is N#Cc1ccnc(S(=O)(=O)NC[C@@H]2CCCCN2)c1. The Morgan fingerprint density at radius 3 is 3.05 bits per heavy atom. The maximum atomic E-state index is 12.0. The standard InChI is InChI=1S/C12H16N4O2S/c13-8-10-4-6-15-12(7-10)19(17,18)16-9-11-3-1-2-5-14-11/h4,6-7,11,14,16H,1-3,5,9H2/t11-/m0/s1. The molecule has 6 nitrogen and oxygen atoms in total. The minimum atomic E-state index is -3.64. The maximum absolute atomic E-state index is 12.0. The van der Waals surface area contributed by atoms with Gasteiger partial charge in [0.1, 0.15) is 0 Å². The molecule has 1 atom stereocenters. The molecule has 1 saturated heterocycles. The first-order chi connectivity index (χ1) is 9.12. The van der Waals surface area contributed by atoms with E-state index in [1.807, 2.05) is 6.07 Å². The van der Waals surface area contributed by atoms with Gasteiger partial charge < -0.3 is 5.32 Å². The van der Waals surface area contributed by atoms with Crippen LogP contribution in [0.2, 0.25) is 0 Å². The molecule has 0 radical (unpaired) electrons. The van der Waals surface area contributed by atoms with E-state index in [0.29, 0.717) is 6.54 Å². The summed E-state index contributed by atoms with van der Waals surface area (Å²) in [6, 6.07) is 4.82. The van der Waals surface area contributed by atoms with Crippen LogP contribution in [0, 0.1) is 11.3 Å². The van der Waals surface area contributed by atoms with Crippen molar-refractivity contribution in [2.45, 2.75) is 30.3 Å². The molecule has 0 aliphatic carbocycles. The minimum absolute atomic E-state index is 0.109. The molecule has 7 heteroatoms. The fraction of sp³-hybridized carbons (Fsp3) is 0.500. The van der Waals surface area contributed by atoms with Gasteiger partial charge >= 0.3 is 0 Å². The van der Waals surface area contributed by atoms with E-state index in [4.69, 9.17) is 5.26 Å². The second-order valence-corrected chi connectivity index (χ2v) is 6.21. The van der Waals surface area contributed by atoms with E-state index in [9.17, 15) is 8.42 Å². The Morgan fingerprint density at radius 1 is 1.53 bits per heavy atom. The molecule has 2 N–H and O–H groups in total. The topological polar surface area (TPSA) is 94.9 Å². The summed E-state index contributed by atoms with van der Waals surface area (Å²) in [6.45, 7) is 1.27. The highest BCUT2D eigenvalue weighted by atomic mass is 32.2. The van der Waals surface area contributed by atoms with Gasteiger partial charge in [0.05, 0.1) is 11.6 Å². The van der Waals surface area contributed by atoms with Gasteiger partial charge in [-0.15, -0.1) is 0 Å². The van der Waals surface area contributed by atoms with Gasteiger partial charge in [0.25, 0.3) is 10.0 Å². The molecule has 0 spiro atoms. The number of nitriles is 1. The van der Waals surface area contributed by atoms with Crippen LogP contribution in [0.1, 0.15) is 24.8 Å². The Bertz CT molecular complexity index is 574. The van der Waals surface area contributed by atoms with Crippen LogP contribution < -0.4 is 10.0 Å². The van der Waals surface area contributed by atoms with Gasteiger partial charge in [-0.1, -0.05) is 6.42 Å². The molecule has 2 heterocycles. The van der Waals surface area contributed by atoms with Crippen molar-refractivity contribution in [2.75, 3.05) is 13.1 Å². The number of nitrogens with zero attached hydrogens (tertiary/aromatic N) is 2. The molecule has 1 aromatic heterocycles. The number of hydrogen-bond acceptors (Lipinski definition) is 5. The van der Waals surface area contributed by atoms with E-state index in [0.717, 1.165) is 25.8 Å². The monoisotopic (exact) mass is 280 g/mol. The van der Waals surface area contributed by atoms with Crippen molar-refractivity contribution >= 4 is 10.0 Å². The molecule has 2 rings (SSSR count). The number of nitrogens with one attached hydrogen (secondary N) is 2. The lowest BCUT2D eigenvalue weighted by Crippen LogP contribution is -2.43. The normalized spacial score (nSPS) is 19.8. The quantitative estimate of drug-likeness (QED) is 0.831. The number of pyridine rings is 1. The molecule has 1 aliphatic heterocycles. The number of rotatable bonds is 4. The number of piperidine rings is 1. The maximum Gasteiger partial charge on any atom is 0.258 e. The second-order valence-electron chi connectivity index (χ2n) is 4.49. The lowest BCUT2D eigenvalue weighted by Gasteiger charge is -2.23. The molecule has 0 bridgehead atoms. The van der Waals surface area contributed by atoms with Crippen molar-refractivity contribution in [2.24, 2.45) is 0 Å². The Balaban J connectivity index is 2.03. The number of aromatic nitrogens is 1. The summed E-state index contributed by atoms with van der Waals surface area (Å²) in [4.78, 5) is 3.80. The number of hydrogen-bond donors (Lipinski definition) is 2. The van der Waals surface area contributed by atoms with E-state index in [-0.39, 0.29) is 16.6 Å². The summed E-state index contributed by atoms with van der Waals surface area (Å²) >= 11 is 0. The molecule has 19 heavy (non-hydrogen) atoms. The molecule has 1 aromatic rings. The fourth-order valence-corrected chi connectivity index (χ4v) is 3.06. The third kappa shape index (κ3) is 3.73. The lowest BCUT2D eigenvalue weighted by molar-refractivity contribution is 0.398. The lowest BCUT2D eigenvalue weighted by atomic mass is 10.1. The molecule has 0 aromatic carbocycles. The fourth-order valence-electron chi connectivity index (χ4n) is 2.01. The summed E-state index contributed by atoms with van der Waals surface area (Å²) in [5.41, 5.74) is 0.283. The predicted octanol–water partition coefficient (Wildman–Crippen LogP) is 0.374. The first-order valence-electron chi connectivity index (χ1n) is 6.21. The van der Waals surface area contributed by atoms with Crippen LogP contribution >= 0.6 is 0 Å². The number of sulfonamides is 1. The van der Waals surface area contributed by atoms with Crippen molar-refractivity contribution < 1.29 is 8.42 Å². The van der Waals surface area contributed by atoms with E-state index >= 15 is 0 Å². The van der Waals surface area contributed by atoms with Crippen molar-refractivity contribution in [3.05, 3.63) is 23.9 Å². The van der Waals surface area contributed by atoms with Crippen LogP contribution in [-0.4, -0.2) is 32.5 Å². The highest BCUT2D eigenvalue weighted by Crippen LogP contribution is 2.09. The van der Waals surface area contributed by atoms with E-state index in [2.05, 4.69) is 15.0 Å². The van der Waals surface area contributed by atoms with Gasteiger partial charge in [0, 0.05) is 18.8 Å². The van der Waals surface area contributed by atoms with Crippen LogP contribution in [0.4, 0.5) is 0 Å². The van der Waals surface area contributed by atoms with Crippen molar-refractivity contribution in [3.8, 4) is 6.07 Å². The van der Waals surface area contributed by atoms with Crippen LogP contribution in [0.5, 0.6) is 0 Å². The minimum Gasteiger partial charge on any atom is -0.313 e. The average Bonchev–Trinajstić information content (AvgIpc) is 2.46. The van der Waals surface area contributed by atoms with Gasteiger partial charge in [-0.3, -0.25) is 0 Å². The summed E-state index contributed by atoms with van der Waals surface area (Å²) < 4.78 is 26.6. The summed E-state index contributed by atoms with van der Waals surface area (Å²) in [5, 5.41) is 11.9. The van der Waals surface area contributed by atoms with Crippen LogP contribution in [0.25, 0.3) is 0 Å². The van der Waals surface area contributed by atoms with E-state index in [1.54, 1.807) is 0 Å². The Hall–Kier alpha value is -1.49. The largest absolute Gasteiger partial charge is 0.313 e. The van der Waals surface area contributed by atoms with Gasteiger partial charge in [-0.25, -0.2) is 18.1 Å². The molecule has 1 aliphatic rings. The summed E-state index contributed by atoms with van der Waals surface area (Å²) in [6.07, 6.45) is 4.54. The molecular weight excluding hydrogens is 264 g/mol. The predicted molar refractivity (Wildman–Crippen MR) is 69.8 cm³/mol. The highest BCUT2D eigenvalue weighted by Gasteiger charge is 2.19. The molecular formula is C12H16N4O2S. The summed E-state index contributed by atoms with van der Waals surface area (Å²) in [5.74, 6) is 0. The first-order valence-corrected chi connectivity index (χ1v) is 7.69. The molecule has 0 amide bonds. The molecule has 0 saturated carbocycles. The Labute approximate surface area is 112 Å². The van der Waals surface area contributed by atoms with Gasteiger partial charge in [0.2, 0.25) is 0 Å². The highest BCUT2D eigenvalue weighted by molar-refractivity contribution is 7.89. The van der Waals surface area contributed by atoms with Crippen molar-refractivity contribution in [1.82, 2.24) is 15.0 Å². The third-order valence-corrected chi connectivity index (χ3v) is 4.39. The van der Waals surface area contributed by atoms with Crippen LogP contribution in [0.3, 0.4) is 0 Å². The molecule has 0 unspecified atom stereocenters. The van der Waals surface area contributed by atoms with Crippen LogP contribution in [0.15, 0.2) is 23.4 Å². The van der Waals surface area contributed by atoms with Crippen LogP contribution in [-0.2, 0) is 10.0 Å². The van der Waals surface area contributed by atoms with Gasteiger partial charge in [-0.2, -0.15) is 5.26 Å². The van der Waals surface area contributed by atoms with Gasteiger partial charge in [0.15, 0.2) is 5.03 Å². The zero-order chi connectivity index (χ0) is 13.7. The van der Waals surface area contributed by atoms with Crippen molar-refractivity contribution in [3.63, 3.8) is 0 Å². The van der Waals surface area contributed by atoms with E-state index in [1.165, 1.54) is 18.3 Å². The zero-order valence-corrected chi connectivity index (χ0v) is 11.3. The Morgan fingerprint density at radius 2 is 2.37 bits per heavy atom. The third-order valence-electron chi connectivity index (χ3n) is 3.07. The van der Waals surface area contributed by atoms with E-state index < -0.39 is 10.0 Å². The Kier molecular flexibility index (Phi) is 4.47. The summed E-state index contributed by atoms with van der Waals surface area (Å²) in [7, 11) is -3.64. The molecule has 1 fully saturated rings. The second kappa shape index (κ2) is 6.10. The zero-order valence-electron chi connectivity index (χ0n) is 10.5. The van der Waals surface area contributed by atoms with Gasteiger partial charge in [-0.05, 0) is 31.5 Å². The molecule has 102 valence electrons. The van der Waals surface area contributed by atoms with Crippen molar-refractivity contribution in [1.29, 1.82) is 5.26 Å². The smallest absolute Gasteiger partial charge is 0.258 e. The average molecular weight is 280 g/mol.